The van der Waals surface area contributed by atoms with Gasteiger partial charge in [-0.15, -0.1) is 0 Å². The number of benzene rings is 2. The number of methoxy groups -OCH3 is 1. The zero-order valence-electron chi connectivity index (χ0n) is 17.4. The smallest absolute Gasteiger partial charge is 0.261 e. The van der Waals surface area contributed by atoms with E-state index in [-0.39, 0.29) is 31.0 Å². The first-order valence-electron chi connectivity index (χ1n) is 9.52. The summed E-state index contributed by atoms with van der Waals surface area (Å²) in [5.41, 5.74) is 0.683. The van der Waals surface area contributed by atoms with Crippen LogP contribution in [0.2, 0.25) is 10.0 Å². The van der Waals surface area contributed by atoms with E-state index in [1.54, 1.807) is 56.5 Å². The van der Waals surface area contributed by atoms with Gasteiger partial charge < -0.3 is 19.7 Å². The molecule has 2 amide bonds. The van der Waals surface area contributed by atoms with E-state index >= 15 is 0 Å². The minimum Gasteiger partial charge on any atom is -0.497 e. The second-order valence-electron chi connectivity index (χ2n) is 7.06. The van der Waals surface area contributed by atoms with Gasteiger partial charge in [-0.25, -0.2) is 0 Å². The third-order valence-corrected chi connectivity index (χ3v) is 4.96. The van der Waals surface area contributed by atoms with Crippen molar-refractivity contribution in [3.8, 4) is 11.5 Å². The molecule has 0 aliphatic carbocycles. The average Bonchev–Trinajstić information content (AvgIpc) is 2.71. The van der Waals surface area contributed by atoms with E-state index in [0.29, 0.717) is 27.1 Å². The van der Waals surface area contributed by atoms with E-state index in [1.807, 2.05) is 13.8 Å². The largest absolute Gasteiger partial charge is 0.497 e. The zero-order chi connectivity index (χ0) is 22.3. The molecule has 2 rings (SSSR count). The van der Waals surface area contributed by atoms with Crippen LogP contribution in [0.5, 0.6) is 11.5 Å². The minimum atomic E-state index is -0.717. The Kier molecular flexibility index (Phi) is 8.81. The fraction of sp³-hybridized carbons (Fsp3) is 0.364. The topological polar surface area (TPSA) is 67.9 Å². The lowest BCUT2D eigenvalue weighted by atomic mass is 10.1. The maximum Gasteiger partial charge on any atom is 0.261 e. The standard InChI is InChI=1S/C22H26Cl2N2O4/c1-14(2)25-22(28)15(3)26(12-16-5-6-17(23)11-20(16)24)21(27)13-30-19-9-7-18(29-4)8-10-19/h5-11,14-15H,12-13H2,1-4H3,(H,25,28)/t15-/m1/s1. The van der Waals surface area contributed by atoms with Gasteiger partial charge >= 0.3 is 0 Å². The average molecular weight is 453 g/mol. The summed E-state index contributed by atoms with van der Waals surface area (Å²) < 4.78 is 10.7. The molecule has 1 atom stereocenters. The number of nitrogens with one attached hydrogen (secondary N) is 1. The fourth-order valence-electron chi connectivity index (χ4n) is 2.72. The van der Waals surface area contributed by atoms with Crippen LogP contribution in [-0.2, 0) is 16.1 Å². The van der Waals surface area contributed by atoms with E-state index < -0.39 is 6.04 Å². The highest BCUT2D eigenvalue weighted by molar-refractivity contribution is 6.35. The zero-order valence-corrected chi connectivity index (χ0v) is 19.0. The van der Waals surface area contributed by atoms with Crippen LogP contribution in [0.3, 0.4) is 0 Å². The third-order valence-electron chi connectivity index (χ3n) is 4.38. The highest BCUT2D eigenvalue weighted by Gasteiger charge is 2.27. The van der Waals surface area contributed by atoms with Gasteiger partial charge in [0.1, 0.15) is 17.5 Å². The second kappa shape index (κ2) is 11.1. The van der Waals surface area contributed by atoms with Crippen molar-refractivity contribution in [1.82, 2.24) is 10.2 Å². The number of ether oxygens (including phenoxy) is 2. The maximum absolute atomic E-state index is 13.0. The van der Waals surface area contributed by atoms with Crippen LogP contribution in [-0.4, -0.2) is 42.5 Å². The van der Waals surface area contributed by atoms with Gasteiger partial charge in [-0.05, 0) is 62.7 Å². The molecule has 0 unspecified atom stereocenters. The Labute approximate surface area is 187 Å². The monoisotopic (exact) mass is 452 g/mol. The molecule has 0 radical (unpaired) electrons. The molecule has 0 fully saturated rings. The molecular weight excluding hydrogens is 427 g/mol. The highest BCUT2D eigenvalue weighted by atomic mass is 35.5. The Hall–Kier alpha value is -2.44. The predicted octanol–water partition coefficient (Wildman–Crippen LogP) is 4.32. The Morgan fingerprint density at radius 2 is 1.67 bits per heavy atom. The molecule has 0 aromatic heterocycles. The summed E-state index contributed by atoms with van der Waals surface area (Å²) in [5.74, 6) is 0.607. The van der Waals surface area contributed by atoms with Gasteiger partial charge in [0.15, 0.2) is 6.61 Å². The lowest BCUT2D eigenvalue weighted by molar-refractivity contribution is -0.142. The molecule has 0 aliphatic rings. The number of hydrogen-bond acceptors (Lipinski definition) is 4. The molecule has 0 saturated carbocycles. The van der Waals surface area contributed by atoms with Gasteiger partial charge in [0, 0.05) is 22.6 Å². The van der Waals surface area contributed by atoms with Gasteiger partial charge in [-0.1, -0.05) is 29.3 Å². The quantitative estimate of drug-likeness (QED) is 0.614. The Morgan fingerprint density at radius 3 is 2.23 bits per heavy atom. The number of carbonyl (C=O) groups is 2. The van der Waals surface area contributed by atoms with Crippen LogP contribution in [0.15, 0.2) is 42.5 Å². The molecule has 0 spiro atoms. The van der Waals surface area contributed by atoms with E-state index in [1.165, 1.54) is 4.90 Å². The molecule has 0 bridgehead atoms. The van der Waals surface area contributed by atoms with Crippen LogP contribution < -0.4 is 14.8 Å². The van der Waals surface area contributed by atoms with E-state index in [4.69, 9.17) is 32.7 Å². The Balaban J connectivity index is 2.17. The summed E-state index contributed by atoms with van der Waals surface area (Å²) in [5, 5.41) is 3.75. The lowest BCUT2D eigenvalue weighted by Gasteiger charge is -2.29. The van der Waals surface area contributed by atoms with Crippen molar-refractivity contribution in [3.05, 3.63) is 58.1 Å². The predicted molar refractivity (Wildman–Crippen MR) is 118 cm³/mol. The van der Waals surface area contributed by atoms with Crippen LogP contribution >= 0.6 is 23.2 Å². The summed E-state index contributed by atoms with van der Waals surface area (Å²) in [6.45, 7) is 5.32. The number of nitrogens with zero attached hydrogens (tertiary/aromatic N) is 1. The van der Waals surface area contributed by atoms with Crippen molar-refractivity contribution in [2.45, 2.75) is 39.4 Å². The number of amides is 2. The first-order valence-corrected chi connectivity index (χ1v) is 10.3. The van der Waals surface area contributed by atoms with Crippen LogP contribution in [0, 0.1) is 0 Å². The molecule has 1 N–H and O–H groups in total. The molecule has 6 nitrogen and oxygen atoms in total. The van der Waals surface area contributed by atoms with Crippen molar-refractivity contribution < 1.29 is 19.1 Å². The van der Waals surface area contributed by atoms with E-state index in [9.17, 15) is 9.59 Å². The van der Waals surface area contributed by atoms with E-state index in [0.717, 1.165) is 0 Å². The minimum absolute atomic E-state index is 0.0495. The first kappa shape index (κ1) is 23.8. The Morgan fingerprint density at radius 1 is 1.03 bits per heavy atom. The van der Waals surface area contributed by atoms with Crippen molar-refractivity contribution in [1.29, 1.82) is 0 Å². The fourth-order valence-corrected chi connectivity index (χ4v) is 3.19. The van der Waals surface area contributed by atoms with Crippen LogP contribution in [0.1, 0.15) is 26.3 Å². The maximum atomic E-state index is 13.0. The first-order chi connectivity index (χ1) is 14.2. The second-order valence-corrected chi connectivity index (χ2v) is 7.90. The summed E-state index contributed by atoms with van der Waals surface area (Å²) in [7, 11) is 1.57. The number of halogens is 2. The van der Waals surface area contributed by atoms with Crippen LogP contribution in [0.25, 0.3) is 0 Å². The van der Waals surface area contributed by atoms with Crippen molar-refractivity contribution in [2.75, 3.05) is 13.7 Å². The van der Waals surface area contributed by atoms with Gasteiger partial charge in [0.25, 0.3) is 5.91 Å². The summed E-state index contributed by atoms with van der Waals surface area (Å²) >= 11 is 12.2. The van der Waals surface area contributed by atoms with E-state index in [2.05, 4.69) is 5.32 Å². The van der Waals surface area contributed by atoms with Crippen molar-refractivity contribution in [3.63, 3.8) is 0 Å². The van der Waals surface area contributed by atoms with Gasteiger partial charge in [0.05, 0.1) is 7.11 Å². The van der Waals surface area contributed by atoms with Gasteiger partial charge in [0.2, 0.25) is 5.91 Å². The molecule has 8 heteroatoms. The van der Waals surface area contributed by atoms with Gasteiger partial charge in [-0.3, -0.25) is 9.59 Å². The molecule has 2 aromatic carbocycles. The SMILES string of the molecule is COc1ccc(OCC(=O)N(Cc2ccc(Cl)cc2Cl)[C@H](C)C(=O)NC(C)C)cc1. The van der Waals surface area contributed by atoms with Crippen molar-refractivity contribution in [2.24, 2.45) is 0 Å². The molecule has 0 aliphatic heterocycles. The summed E-state index contributed by atoms with van der Waals surface area (Å²) in [6.07, 6.45) is 0. The van der Waals surface area contributed by atoms with Crippen LogP contribution in [0.4, 0.5) is 0 Å². The molecule has 0 saturated heterocycles. The molecule has 0 heterocycles. The third kappa shape index (κ3) is 6.82. The molecular formula is C22H26Cl2N2O4. The van der Waals surface area contributed by atoms with Gasteiger partial charge in [-0.2, -0.15) is 0 Å². The lowest BCUT2D eigenvalue weighted by Crippen LogP contribution is -2.50. The normalized spacial score (nSPS) is 11.7. The van der Waals surface area contributed by atoms with Crippen molar-refractivity contribution >= 4 is 35.0 Å². The molecule has 30 heavy (non-hydrogen) atoms. The number of carbonyl (C=O) groups excluding carboxylic acids is 2. The summed E-state index contributed by atoms with van der Waals surface area (Å²) in [4.78, 5) is 27.0. The molecule has 162 valence electrons. The highest BCUT2D eigenvalue weighted by Crippen LogP contribution is 2.23. The molecule has 2 aromatic rings. The Bertz CT molecular complexity index is 872. The summed E-state index contributed by atoms with van der Waals surface area (Å²) in [6, 6.07) is 11.2. The number of hydrogen-bond donors (Lipinski definition) is 1. The number of rotatable bonds is 9.